The number of carbonyl (C=O) groups is 2. The molecule has 10 nitrogen and oxygen atoms in total. The summed E-state index contributed by atoms with van der Waals surface area (Å²) in [5, 5.41) is 17.9. The van der Waals surface area contributed by atoms with Crippen LogP contribution in [-0.2, 0) is 27.4 Å². The molecule has 0 saturated carbocycles. The van der Waals surface area contributed by atoms with E-state index < -0.39 is 6.09 Å². The molecule has 31 heavy (non-hydrogen) atoms. The van der Waals surface area contributed by atoms with Crippen LogP contribution in [-0.4, -0.2) is 87.4 Å². The molecule has 176 valence electrons. The normalized spacial score (nSPS) is 21.8. The van der Waals surface area contributed by atoms with E-state index >= 15 is 0 Å². The highest BCUT2D eigenvalue weighted by Gasteiger charge is 2.29. The third-order valence-electron chi connectivity index (χ3n) is 5.35. The number of nitrogens with zero attached hydrogens (tertiary/aromatic N) is 5. The Morgan fingerprint density at radius 1 is 1.42 bits per heavy atom. The number of ether oxygens (including phenoxy) is 2. The van der Waals surface area contributed by atoms with E-state index in [0.29, 0.717) is 44.8 Å². The Morgan fingerprint density at radius 2 is 2.16 bits per heavy atom. The van der Waals surface area contributed by atoms with Gasteiger partial charge in [0.2, 0.25) is 5.91 Å². The Labute approximate surface area is 184 Å². The fourth-order valence-electron chi connectivity index (χ4n) is 3.39. The van der Waals surface area contributed by atoms with Crippen LogP contribution in [0.5, 0.6) is 0 Å². The summed E-state index contributed by atoms with van der Waals surface area (Å²) in [7, 11) is 1.68. The number of hydrogen-bond donors (Lipinski definition) is 1. The highest BCUT2D eigenvalue weighted by molar-refractivity contribution is 5.76. The Morgan fingerprint density at radius 3 is 2.84 bits per heavy atom. The number of amides is 2. The molecule has 3 atom stereocenters. The van der Waals surface area contributed by atoms with Crippen LogP contribution in [0.4, 0.5) is 4.79 Å². The first kappa shape index (κ1) is 25.1. The largest absolute Gasteiger partial charge is 0.449 e. The monoisotopic (exact) mass is 439 g/mol. The van der Waals surface area contributed by atoms with Crippen molar-refractivity contribution < 1.29 is 24.2 Å². The molecule has 2 heterocycles. The van der Waals surface area contributed by atoms with E-state index in [0.717, 1.165) is 0 Å². The first-order valence-corrected chi connectivity index (χ1v) is 11.0. The van der Waals surface area contributed by atoms with Crippen LogP contribution in [0.1, 0.15) is 46.2 Å². The van der Waals surface area contributed by atoms with Crippen molar-refractivity contribution in [1.82, 2.24) is 24.8 Å². The van der Waals surface area contributed by atoms with Crippen LogP contribution < -0.4 is 0 Å². The maximum Gasteiger partial charge on any atom is 0.409 e. The van der Waals surface area contributed by atoms with Crippen molar-refractivity contribution in [2.45, 2.75) is 65.8 Å². The minimum Gasteiger partial charge on any atom is -0.449 e. The van der Waals surface area contributed by atoms with Gasteiger partial charge in [-0.25, -0.2) is 4.79 Å². The molecule has 0 saturated heterocycles. The average Bonchev–Trinajstić information content (AvgIpc) is 3.19. The number of likely N-dealkylation sites (N-methyl/N-ethyl adjacent to an activating group) is 1. The van der Waals surface area contributed by atoms with Crippen LogP contribution in [0.25, 0.3) is 0 Å². The third kappa shape index (κ3) is 7.77. The Balaban J connectivity index is 2.17. The van der Waals surface area contributed by atoms with Crippen LogP contribution in [0, 0.1) is 11.8 Å². The van der Waals surface area contributed by atoms with Crippen molar-refractivity contribution in [3.63, 3.8) is 0 Å². The van der Waals surface area contributed by atoms with Crippen LogP contribution in [0.3, 0.4) is 0 Å². The lowest BCUT2D eigenvalue weighted by molar-refractivity contribution is -0.136. The van der Waals surface area contributed by atoms with E-state index in [9.17, 15) is 14.7 Å². The highest BCUT2D eigenvalue weighted by atomic mass is 16.6. The van der Waals surface area contributed by atoms with E-state index in [2.05, 4.69) is 10.3 Å². The molecule has 2 amide bonds. The molecule has 0 unspecified atom stereocenters. The number of aliphatic hydroxyl groups is 1. The number of carbonyl (C=O) groups excluding carboxylic acids is 2. The molecular formula is C21H37N5O5. The summed E-state index contributed by atoms with van der Waals surface area (Å²) in [6, 6.07) is -0.299. The molecule has 1 N–H and O–H groups in total. The van der Waals surface area contributed by atoms with E-state index in [1.807, 2.05) is 33.9 Å². The van der Waals surface area contributed by atoms with E-state index in [-0.39, 0.29) is 43.1 Å². The van der Waals surface area contributed by atoms with Gasteiger partial charge in [-0.1, -0.05) is 26.0 Å². The van der Waals surface area contributed by atoms with Gasteiger partial charge in [-0.3, -0.25) is 9.48 Å². The number of rotatable bonds is 6. The fraction of sp³-hybridized carbons (Fsp3) is 0.810. The molecule has 0 aliphatic carbocycles. The Kier molecular flexibility index (Phi) is 9.70. The third-order valence-corrected chi connectivity index (χ3v) is 5.35. The predicted octanol–water partition coefficient (Wildman–Crippen LogP) is 1.53. The van der Waals surface area contributed by atoms with Gasteiger partial charge >= 0.3 is 6.09 Å². The molecule has 0 aromatic carbocycles. The molecule has 1 aromatic heterocycles. The summed E-state index contributed by atoms with van der Waals surface area (Å²) < 4.78 is 13.2. The molecule has 1 aliphatic rings. The van der Waals surface area contributed by atoms with Crippen molar-refractivity contribution in [2.24, 2.45) is 11.8 Å². The van der Waals surface area contributed by atoms with Crippen LogP contribution >= 0.6 is 0 Å². The van der Waals surface area contributed by atoms with Crippen LogP contribution in [0.2, 0.25) is 0 Å². The number of fused-ring (bicyclic) bond motifs is 2. The minimum absolute atomic E-state index is 0.0172. The lowest BCUT2D eigenvalue weighted by Gasteiger charge is -2.35. The van der Waals surface area contributed by atoms with Crippen molar-refractivity contribution in [3.8, 4) is 0 Å². The van der Waals surface area contributed by atoms with Crippen molar-refractivity contribution in [3.05, 3.63) is 11.9 Å². The predicted molar refractivity (Wildman–Crippen MR) is 114 cm³/mol. The number of aromatic nitrogens is 3. The molecule has 0 fully saturated rings. The molecule has 2 rings (SSSR count). The van der Waals surface area contributed by atoms with Gasteiger partial charge in [0.25, 0.3) is 0 Å². The lowest BCUT2D eigenvalue weighted by atomic mass is 10.0. The average molecular weight is 440 g/mol. The number of aliphatic hydroxyl groups excluding tert-OH is 1. The van der Waals surface area contributed by atoms with Gasteiger partial charge in [0, 0.05) is 32.5 Å². The SMILES string of the molecule is CC(C)COC(=O)N(C)C[C@H]1OCc2cn(nn2)CCCC(=O)N([C@H](C)CO)C[C@@H]1C. The zero-order valence-electron chi connectivity index (χ0n) is 19.4. The van der Waals surface area contributed by atoms with Gasteiger partial charge in [-0.2, -0.15) is 0 Å². The summed E-state index contributed by atoms with van der Waals surface area (Å²) in [6.45, 7) is 9.59. The number of aryl methyl sites for hydroxylation is 1. The minimum atomic E-state index is -0.407. The summed E-state index contributed by atoms with van der Waals surface area (Å²) in [6.07, 6.45) is 2.05. The smallest absolute Gasteiger partial charge is 0.409 e. The topological polar surface area (TPSA) is 110 Å². The second-order valence-corrected chi connectivity index (χ2v) is 8.83. The maximum absolute atomic E-state index is 12.9. The molecule has 0 spiro atoms. The van der Waals surface area contributed by atoms with Gasteiger partial charge in [0.05, 0.1) is 44.7 Å². The second-order valence-electron chi connectivity index (χ2n) is 8.83. The summed E-state index contributed by atoms with van der Waals surface area (Å²) in [4.78, 5) is 28.4. The first-order valence-electron chi connectivity index (χ1n) is 11.0. The van der Waals surface area contributed by atoms with E-state index in [4.69, 9.17) is 9.47 Å². The summed E-state index contributed by atoms with van der Waals surface area (Å²) in [5.41, 5.74) is 0.702. The first-order chi connectivity index (χ1) is 14.7. The van der Waals surface area contributed by atoms with Gasteiger partial charge in [0.15, 0.2) is 0 Å². The lowest BCUT2D eigenvalue weighted by Crippen LogP contribution is -2.47. The van der Waals surface area contributed by atoms with Gasteiger partial charge in [0.1, 0.15) is 5.69 Å². The van der Waals surface area contributed by atoms with E-state index in [1.165, 1.54) is 4.90 Å². The van der Waals surface area contributed by atoms with E-state index in [1.54, 1.807) is 16.6 Å². The zero-order valence-corrected chi connectivity index (χ0v) is 19.4. The molecule has 2 bridgehead atoms. The van der Waals surface area contributed by atoms with Crippen molar-refractivity contribution >= 4 is 12.0 Å². The van der Waals surface area contributed by atoms with Crippen molar-refractivity contribution in [2.75, 3.05) is 33.4 Å². The molecule has 1 aromatic rings. The fourth-order valence-corrected chi connectivity index (χ4v) is 3.39. The molecule has 10 heteroatoms. The zero-order chi connectivity index (χ0) is 23.0. The summed E-state index contributed by atoms with van der Waals surface area (Å²) in [5.74, 6) is 0.144. The quantitative estimate of drug-likeness (QED) is 0.716. The maximum atomic E-state index is 12.9. The molecule has 0 radical (unpaired) electrons. The Hall–Kier alpha value is -2.20. The number of hydrogen-bond acceptors (Lipinski definition) is 7. The van der Waals surface area contributed by atoms with Gasteiger partial charge in [-0.05, 0) is 19.3 Å². The standard InChI is InChI=1S/C21H37N5O5/c1-15(2)13-31-21(29)24(5)11-19-16(3)9-26(17(4)12-27)20(28)7-6-8-25-10-18(14-30-19)22-23-25/h10,15-17,19,27H,6-9,11-14H2,1-5H3/t16-,17+,19+/m0/s1. The second kappa shape index (κ2) is 12.0. The molecule has 1 aliphatic heterocycles. The van der Waals surface area contributed by atoms with Gasteiger partial charge < -0.3 is 24.4 Å². The highest BCUT2D eigenvalue weighted by Crippen LogP contribution is 2.17. The van der Waals surface area contributed by atoms with Crippen LogP contribution in [0.15, 0.2) is 6.20 Å². The Bertz CT molecular complexity index is 710. The molecular weight excluding hydrogens is 402 g/mol. The van der Waals surface area contributed by atoms with Gasteiger partial charge in [-0.15, -0.1) is 5.10 Å². The van der Waals surface area contributed by atoms with Crippen molar-refractivity contribution in [1.29, 1.82) is 0 Å². The summed E-state index contributed by atoms with van der Waals surface area (Å²) >= 11 is 0.